The second kappa shape index (κ2) is 11.3. The number of carbonyl (C=O) groups excluding carboxylic acids is 1. The van der Waals surface area contributed by atoms with E-state index in [4.69, 9.17) is 4.74 Å². The van der Waals surface area contributed by atoms with Gasteiger partial charge in [-0.05, 0) is 72.0 Å². The summed E-state index contributed by atoms with van der Waals surface area (Å²) in [5, 5.41) is 27.6. The molecule has 0 aliphatic heterocycles. The predicted octanol–water partition coefficient (Wildman–Crippen LogP) is 7.01. The molecule has 5 rings (SSSR count). The Balaban J connectivity index is 1.63. The number of esters is 1. The monoisotopic (exact) mass is 529 g/mol. The van der Waals surface area contributed by atoms with E-state index in [-0.39, 0.29) is 18.1 Å². The minimum Gasteiger partial charge on any atom is -0.478 e. The van der Waals surface area contributed by atoms with Gasteiger partial charge in [-0.1, -0.05) is 61.0 Å². The summed E-state index contributed by atoms with van der Waals surface area (Å²) in [6, 6.07) is 27.5. The molecule has 40 heavy (non-hydrogen) atoms. The summed E-state index contributed by atoms with van der Waals surface area (Å²) in [6.07, 6.45) is 0.677. The first kappa shape index (κ1) is 26.4. The number of aryl methyl sites for hydroxylation is 1. The van der Waals surface area contributed by atoms with Crippen LogP contribution in [-0.2, 0) is 11.3 Å². The van der Waals surface area contributed by atoms with Crippen LogP contribution in [0.4, 0.5) is 0 Å². The van der Waals surface area contributed by atoms with Gasteiger partial charge in [0.15, 0.2) is 0 Å². The molecule has 0 spiro atoms. The van der Waals surface area contributed by atoms with E-state index in [9.17, 15) is 20.0 Å². The van der Waals surface area contributed by atoms with Gasteiger partial charge in [0, 0.05) is 11.3 Å². The van der Waals surface area contributed by atoms with Crippen molar-refractivity contribution >= 4 is 22.8 Å². The highest BCUT2D eigenvalue weighted by molar-refractivity contribution is 5.99. The van der Waals surface area contributed by atoms with E-state index >= 15 is 0 Å². The highest BCUT2D eigenvalue weighted by Gasteiger charge is 2.25. The molecule has 0 aliphatic carbocycles. The van der Waals surface area contributed by atoms with Crippen LogP contribution in [0.15, 0.2) is 84.9 Å². The highest BCUT2D eigenvalue weighted by Crippen LogP contribution is 2.39. The smallest absolute Gasteiger partial charge is 0.339 e. The van der Waals surface area contributed by atoms with E-state index in [1.807, 2.05) is 68.4 Å². The third-order valence-corrected chi connectivity index (χ3v) is 7.04. The Hall–Kier alpha value is -5.22. The van der Waals surface area contributed by atoms with Crippen molar-refractivity contribution in [3.8, 4) is 17.2 Å². The molecule has 7 heteroatoms. The molecule has 2 N–H and O–H groups in total. The maximum Gasteiger partial charge on any atom is 0.339 e. The summed E-state index contributed by atoms with van der Waals surface area (Å²) in [6.45, 7) is 4.06. The number of H-pyrrole nitrogens is 1. The van der Waals surface area contributed by atoms with Gasteiger partial charge >= 0.3 is 11.9 Å². The van der Waals surface area contributed by atoms with Crippen LogP contribution in [0.2, 0.25) is 0 Å². The normalized spacial score (nSPS) is 11.6. The number of carboxylic acids is 1. The van der Waals surface area contributed by atoms with Crippen LogP contribution in [0, 0.1) is 18.3 Å². The summed E-state index contributed by atoms with van der Waals surface area (Å²) in [4.78, 5) is 25.4. The van der Waals surface area contributed by atoms with Gasteiger partial charge in [-0.25, -0.2) is 9.59 Å². The lowest BCUT2D eigenvalue weighted by molar-refractivity contribution is 0.0473. The Morgan fingerprint density at radius 3 is 2.52 bits per heavy atom. The molecular formula is C33H27N3O4. The number of carbonyl (C=O) groups is 2. The Bertz CT molecular complexity index is 1770. The number of nitrogens with one attached hydrogen (secondary N) is 1. The number of aromatic amines is 1. The molecule has 0 aliphatic rings. The minimum absolute atomic E-state index is 0.117. The van der Waals surface area contributed by atoms with Crippen molar-refractivity contribution in [1.82, 2.24) is 10.2 Å². The molecule has 1 unspecified atom stereocenters. The number of benzene rings is 4. The second-order valence-electron chi connectivity index (χ2n) is 9.66. The predicted molar refractivity (Wildman–Crippen MR) is 152 cm³/mol. The number of rotatable bonds is 8. The first-order chi connectivity index (χ1) is 19.4. The number of aromatic nitrogens is 2. The lowest BCUT2D eigenvalue weighted by atomic mass is 9.83. The van der Waals surface area contributed by atoms with Gasteiger partial charge in [-0.15, -0.1) is 0 Å². The van der Waals surface area contributed by atoms with Crippen molar-refractivity contribution in [2.75, 3.05) is 0 Å². The lowest BCUT2D eigenvalue weighted by Gasteiger charge is -2.21. The topological polar surface area (TPSA) is 116 Å². The van der Waals surface area contributed by atoms with Gasteiger partial charge in [0.05, 0.1) is 34.0 Å². The van der Waals surface area contributed by atoms with Gasteiger partial charge in [0.1, 0.15) is 6.61 Å². The van der Waals surface area contributed by atoms with E-state index in [2.05, 4.69) is 16.3 Å². The molecule has 1 atom stereocenters. The van der Waals surface area contributed by atoms with Crippen LogP contribution in [0.3, 0.4) is 0 Å². The minimum atomic E-state index is -1.06. The molecule has 5 aromatic rings. The Morgan fingerprint density at radius 1 is 1.00 bits per heavy atom. The van der Waals surface area contributed by atoms with Gasteiger partial charge in [0.25, 0.3) is 0 Å². The maximum absolute atomic E-state index is 13.4. The van der Waals surface area contributed by atoms with Crippen LogP contribution >= 0.6 is 0 Å². The summed E-state index contributed by atoms with van der Waals surface area (Å²) in [5.41, 5.74) is 6.36. The standard InChI is InChI=1S/C33H27N3O4/c1-3-24(31-27-13-10-22(18-34)16-30(27)35-36-31)25-14-11-23(32(37)38)17-28(25)26-12-9-20(2)15-29(26)33(39)40-19-21-7-5-4-6-8-21/h4-17,24H,3,19H2,1-2H3,(H,35,36)(H,37,38). The second-order valence-corrected chi connectivity index (χ2v) is 9.66. The largest absolute Gasteiger partial charge is 0.478 e. The molecule has 0 amide bonds. The number of hydrogen-bond donors (Lipinski definition) is 2. The zero-order valence-electron chi connectivity index (χ0n) is 22.1. The summed E-state index contributed by atoms with van der Waals surface area (Å²) < 4.78 is 5.69. The molecule has 198 valence electrons. The van der Waals surface area contributed by atoms with E-state index in [1.165, 1.54) is 0 Å². The van der Waals surface area contributed by atoms with Crippen LogP contribution < -0.4 is 0 Å². The summed E-state index contributed by atoms with van der Waals surface area (Å²) in [5.74, 6) is -1.74. The Labute approximate surface area is 231 Å². The number of ether oxygens (including phenoxy) is 1. The van der Waals surface area contributed by atoms with E-state index < -0.39 is 11.9 Å². The zero-order valence-corrected chi connectivity index (χ0v) is 22.1. The summed E-state index contributed by atoms with van der Waals surface area (Å²) in [7, 11) is 0. The van der Waals surface area contributed by atoms with Crippen LogP contribution in [-0.4, -0.2) is 27.2 Å². The fraction of sp³-hybridized carbons (Fsp3) is 0.152. The average molecular weight is 530 g/mol. The van der Waals surface area contributed by atoms with Gasteiger partial charge < -0.3 is 9.84 Å². The number of carboxylic acid groups (broad SMARTS) is 1. The van der Waals surface area contributed by atoms with Crippen LogP contribution in [0.5, 0.6) is 0 Å². The van der Waals surface area contributed by atoms with Crippen molar-refractivity contribution in [2.45, 2.75) is 32.8 Å². The molecule has 0 bridgehead atoms. The first-order valence-electron chi connectivity index (χ1n) is 13.0. The van der Waals surface area contributed by atoms with Gasteiger partial charge in [-0.3, -0.25) is 5.10 Å². The van der Waals surface area contributed by atoms with E-state index in [1.54, 1.807) is 30.3 Å². The van der Waals surface area contributed by atoms with Crippen LogP contribution in [0.25, 0.3) is 22.0 Å². The molecular weight excluding hydrogens is 502 g/mol. The van der Waals surface area contributed by atoms with E-state index in [0.29, 0.717) is 34.2 Å². The quantitative estimate of drug-likeness (QED) is 0.209. The number of nitriles is 1. The fourth-order valence-corrected chi connectivity index (χ4v) is 5.04. The molecule has 1 heterocycles. The number of nitrogens with zero attached hydrogens (tertiary/aromatic N) is 2. The van der Waals surface area contributed by atoms with E-state index in [0.717, 1.165) is 27.8 Å². The third-order valence-electron chi connectivity index (χ3n) is 7.04. The molecule has 1 aromatic heterocycles. The van der Waals surface area contributed by atoms with Gasteiger partial charge in [0.2, 0.25) is 0 Å². The SMILES string of the molecule is CCC(c1ccc(C(=O)O)cc1-c1ccc(C)cc1C(=O)OCc1ccccc1)c1[nH]nc2cc(C#N)ccc12. The van der Waals surface area contributed by atoms with Crippen molar-refractivity contribution in [3.05, 3.63) is 124 Å². The number of hydrogen-bond acceptors (Lipinski definition) is 5. The first-order valence-corrected chi connectivity index (χ1v) is 13.0. The third kappa shape index (κ3) is 5.20. The Morgan fingerprint density at radius 2 is 1.80 bits per heavy atom. The van der Waals surface area contributed by atoms with Gasteiger partial charge in [-0.2, -0.15) is 10.4 Å². The molecule has 0 radical (unpaired) electrons. The molecule has 0 fully saturated rings. The highest BCUT2D eigenvalue weighted by atomic mass is 16.5. The maximum atomic E-state index is 13.4. The molecule has 0 saturated carbocycles. The van der Waals surface area contributed by atoms with Crippen LogP contribution in [0.1, 0.15) is 67.9 Å². The lowest BCUT2D eigenvalue weighted by Crippen LogP contribution is -2.10. The molecule has 7 nitrogen and oxygen atoms in total. The van der Waals surface area contributed by atoms with Crippen molar-refractivity contribution in [1.29, 1.82) is 5.26 Å². The van der Waals surface area contributed by atoms with Crippen molar-refractivity contribution < 1.29 is 19.4 Å². The van der Waals surface area contributed by atoms with Crippen molar-refractivity contribution in [3.63, 3.8) is 0 Å². The summed E-state index contributed by atoms with van der Waals surface area (Å²) >= 11 is 0. The average Bonchev–Trinajstić information content (AvgIpc) is 3.39. The Kier molecular flexibility index (Phi) is 7.43. The zero-order chi connectivity index (χ0) is 28.2. The fourth-order valence-electron chi connectivity index (χ4n) is 5.04. The number of aromatic carboxylic acids is 1. The molecule has 4 aromatic carbocycles. The van der Waals surface area contributed by atoms with Crippen molar-refractivity contribution in [2.24, 2.45) is 0 Å². The molecule has 0 saturated heterocycles. The number of fused-ring (bicyclic) bond motifs is 1.